The van der Waals surface area contributed by atoms with E-state index in [-0.39, 0.29) is 29.0 Å². The van der Waals surface area contributed by atoms with Crippen LogP contribution < -0.4 is 5.32 Å². The summed E-state index contributed by atoms with van der Waals surface area (Å²) in [5, 5.41) is 3.09. The van der Waals surface area contributed by atoms with Crippen molar-refractivity contribution in [1.82, 2.24) is 14.5 Å². The Labute approximate surface area is 169 Å². The second-order valence-electron chi connectivity index (χ2n) is 6.73. The molecule has 1 heterocycles. The maximum Gasteiger partial charge on any atom is 0.317 e. The van der Waals surface area contributed by atoms with E-state index in [1.165, 1.54) is 10.4 Å². The number of benzene rings is 1. The molecule has 9 heteroatoms. The largest absolute Gasteiger partial charge is 0.338 e. The van der Waals surface area contributed by atoms with Crippen molar-refractivity contribution in [3.8, 4) is 0 Å². The van der Waals surface area contributed by atoms with Crippen molar-refractivity contribution >= 4 is 43.6 Å². The van der Waals surface area contributed by atoms with Crippen LogP contribution in [0.2, 0.25) is 5.02 Å². The normalized spacial score (nSPS) is 16.1. The molecular weight excluding hydrogens is 442 g/mol. The third-order valence-corrected chi connectivity index (χ3v) is 7.15. The molecule has 0 bridgehead atoms. The summed E-state index contributed by atoms with van der Waals surface area (Å²) in [5.74, 6) is 0.617. The molecule has 26 heavy (non-hydrogen) atoms. The molecule has 0 saturated carbocycles. The van der Waals surface area contributed by atoms with Gasteiger partial charge in [0.25, 0.3) is 0 Å². The van der Waals surface area contributed by atoms with Gasteiger partial charge in [-0.15, -0.1) is 0 Å². The van der Waals surface area contributed by atoms with Crippen molar-refractivity contribution in [2.24, 2.45) is 5.92 Å². The van der Waals surface area contributed by atoms with Crippen LogP contribution in [-0.2, 0) is 10.0 Å². The molecule has 146 valence electrons. The quantitative estimate of drug-likeness (QED) is 0.652. The Morgan fingerprint density at radius 2 is 1.92 bits per heavy atom. The minimum atomic E-state index is -3.67. The van der Waals surface area contributed by atoms with Gasteiger partial charge in [0.05, 0.1) is 5.02 Å². The lowest BCUT2D eigenvalue weighted by atomic mass is 10.1. The van der Waals surface area contributed by atoms with Crippen molar-refractivity contribution < 1.29 is 13.2 Å². The lowest BCUT2D eigenvalue weighted by Gasteiger charge is -2.34. The van der Waals surface area contributed by atoms with Gasteiger partial charge in [0.15, 0.2) is 0 Å². The minimum Gasteiger partial charge on any atom is -0.338 e. The average Bonchev–Trinajstić information content (AvgIpc) is 2.58. The van der Waals surface area contributed by atoms with Gasteiger partial charge < -0.3 is 10.2 Å². The second-order valence-corrected chi connectivity index (χ2v) is 9.96. The van der Waals surface area contributed by atoms with Gasteiger partial charge in [-0.1, -0.05) is 41.4 Å². The number of urea groups is 1. The number of carbonyl (C=O) groups is 1. The van der Waals surface area contributed by atoms with Crippen molar-refractivity contribution in [2.75, 3.05) is 32.7 Å². The number of amides is 2. The number of hydrogen-bond acceptors (Lipinski definition) is 3. The minimum absolute atomic E-state index is 0.0916. The number of halogens is 2. The van der Waals surface area contributed by atoms with Crippen LogP contribution >= 0.6 is 27.5 Å². The van der Waals surface area contributed by atoms with Crippen molar-refractivity contribution in [3.05, 3.63) is 27.7 Å². The Hall–Kier alpha value is -0.830. The first-order valence-electron chi connectivity index (χ1n) is 8.70. The van der Waals surface area contributed by atoms with E-state index >= 15 is 0 Å². The van der Waals surface area contributed by atoms with Crippen LogP contribution in [0.25, 0.3) is 0 Å². The summed E-state index contributed by atoms with van der Waals surface area (Å²) >= 11 is 9.37. The molecule has 1 aliphatic rings. The van der Waals surface area contributed by atoms with E-state index in [9.17, 15) is 13.2 Å². The van der Waals surface area contributed by atoms with E-state index < -0.39 is 10.0 Å². The number of sulfonamides is 1. The number of hydrogen-bond donors (Lipinski definition) is 1. The highest BCUT2D eigenvalue weighted by molar-refractivity contribution is 9.10. The molecule has 6 nitrogen and oxygen atoms in total. The van der Waals surface area contributed by atoms with Crippen LogP contribution in [0.4, 0.5) is 4.79 Å². The van der Waals surface area contributed by atoms with Gasteiger partial charge in [-0.05, 0) is 37.0 Å². The zero-order chi connectivity index (χ0) is 19.3. The third-order valence-electron chi connectivity index (χ3n) is 4.27. The highest BCUT2D eigenvalue weighted by Crippen LogP contribution is 2.28. The summed E-state index contributed by atoms with van der Waals surface area (Å²) in [6, 6.07) is 4.58. The van der Waals surface area contributed by atoms with Crippen LogP contribution in [0.3, 0.4) is 0 Å². The number of nitrogens with one attached hydrogen (secondary N) is 1. The fourth-order valence-electron chi connectivity index (χ4n) is 2.77. The first-order chi connectivity index (χ1) is 12.2. The van der Waals surface area contributed by atoms with E-state index in [1.54, 1.807) is 17.0 Å². The topological polar surface area (TPSA) is 69.7 Å². The molecule has 1 aromatic carbocycles. The SMILES string of the molecule is CC(C)CCCNC(=O)N1CCN(S(=O)(=O)c2ccc(Br)cc2Cl)CC1. The highest BCUT2D eigenvalue weighted by atomic mass is 79.9. The fourth-order valence-corrected chi connectivity index (χ4v) is 5.21. The van der Waals surface area contributed by atoms with E-state index in [0.29, 0.717) is 25.6 Å². The van der Waals surface area contributed by atoms with Crippen LogP contribution in [0.1, 0.15) is 26.7 Å². The third kappa shape index (κ3) is 5.58. The molecule has 1 aliphatic heterocycles. The second kappa shape index (κ2) is 9.39. The molecule has 0 unspecified atom stereocenters. The van der Waals surface area contributed by atoms with Crippen LogP contribution in [-0.4, -0.2) is 56.4 Å². The standard InChI is InChI=1S/C17H25BrClN3O3S/c1-13(2)4-3-7-20-17(23)21-8-10-22(11-9-21)26(24,25)16-6-5-14(18)12-15(16)19/h5-6,12-13H,3-4,7-11H2,1-2H3,(H,20,23). The maximum atomic E-state index is 12.8. The molecule has 1 fully saturated rings. The maximum absolute atomic E-state index is 12.8. The molecule has 2 rings (SSSR count). The van der Waals surface area contributed by atoms with Gasteiger partial charge in [-0.25, -0.2) is 13.2 Å². The predicted molar refractivity (Wildman–Crippen MR) is 107 cm³/mol. The van der Waals surface area contributed by atoms with Crippen LogP contribution in [0, 0.1) is 5.92 Å². The van der Waals surface area contributed by atoms with Crippen LogP contribution in [0.5, 0.6) is 0 Å². The summed E-state index contributed by atoms with van der Waals surface area (Å²) in [5.41, 5.74) is 0. The Bertz CT molecular complexity index is 735. The zero-order valence-corrected chi connectivity index (χ0v) is 18.2. The summed E-state index contributed by atoms with van der Waals surface area (Å²) in [4.78, 5) is 13.9. The van der Waals surface area contributed by atoms with Gasteiger partial charge in [0, 0.05) is 37.2 Å². The number of carbonyl (C=O) groups excluding carboxylic acids is 1. The van der Waals surface area contributed by atoms with E-state index in [1.807, 2.05) is 0 Å². The molecular formula is C17H25BrClN3O3S. The van der Waals surface area contributed by atoms with Crippen molar-refractivity contribution in [3.63, 3.8) is 0 Å². The molecule has 0 aromatic heterocycles. The van der Waals surface area contributed by atoms with Gasteiger partial charge in [-0.3, -0.25) is 0 Å². The summed E-state index contributed by atoms with van der Waals surface area (Å²) in [6.45, 7) is 6.19. The summed E-state index contributed by atoms with van der Waals surface area (Å²) in [6.07, 6.45) is 2.01. The van der Waals surface area contributed by atoms with E-state index in [0.717, 1.165) is 17.3 Å². The molecule has 0 radical (unpaired) electrons. The van der Waals surface area contributed by atoms with E-state index in [4.69, 9.17) is 11.6 Å². The Balaban J connectivity index is 1.90. The van der Waals surface area contributed by atoms with Gasteiger partial charge >= 0.3 is 6.03 Å². The highest BCUT2D eigenvalue weighted by Gasteiger charge is 2.31. The molecule has 0 aliphatic carbocycles. The zero-order valence-electron chi connectivity index (χ0n) is 15.0. The van der Waals surface area contributed by atoms with E-state index in [2.05, 4.69) is 35.1 Å². The fraction of sp³-hybridized carbons (Fsp3) is 0.588. The monoisotopic (exact) mass is 465 g/mol. The Morgan fingerprint density at radius 1 is 1.27 bits per heavy atom. The molecule has 1 N–H and O–H groups in total. The van der Waals surface area contributed by atoms with Gasteiger partial charge in [-0.2, -0.15) is 4.31 Å². The first kappa shape index (κ1) is 21.5. The predicted octanol–water partition coefficient (Wildman–Crippen LogP) is 3.55. The number of piperazine rings is 1. The van der Waals surface area contributed by atoms with Gasteiger partial charge in [0.2, 0.25) is 10.0 Å². The number of nitrogens with zero attached hydrogens (tertiary/aromatic N) is 2. The molecule has 2 amide bonds. The van der Waals surface area contributed by atoms with Crippen molar-refractivity contribution in [1.29, 1.82) is 0 Å². The van der Waals surface area contributed by atoms with Gasteiger partial charge in [0.1, 0.15) is 4.90 Å². The molecule has 0 spiro atoms. The lowest BCUT2D eigenvalue weighted by molar-refractivity contribution is 0.172. The Morgan fingerprint density at radius 3 is 2.50 bits per heavy atom. The average molecular weight is 467 g/mol. The summed E-state index contributed by atoms with van der Waals surface area (Å²) < 4.78 is 27.7. The lowest BCUT2D eigenvalue weighted by Crippen LogP contribution is -2.53. The van der Waals surface area contributed by atoms with Crippen LogP contribution in [0.15, 0.2) is 27.6 Å². The summed E-state index contributed by atoms with van der Waals surface area (Å²) in [7, 11) is -3.67. The Kier molecular flexibility index (Phi) is 7.76. The molecule has 1 aromatic rings. The molecule has 0 atom stereocenters. The molecule has 1 saturated heterocycles. The first-order valence-corrected chi connectivity index (χ1v) is 11.3. The number of rotatable bonds is 6. The smallest absolute Gasteiger partial charge is 0.317 e. The van der Waals surface area contributed by atoms with Crippen molar-refractivity contribution in [2.45, 2.75) is 31.6 Å².